The summed E-state index contributed by atoms with van der Waals surface area (Å²) in [5.41, 5.74) is 8.09. The molecule has 0 aromatic rings. The first-order valence-electron chi connectivity index (χ1n) is 6.44. The van der Waals surface area contributed by atoms with Crippen LogP contribution in [-0.2, 0) is 0 Å². The Hall–Kier alpha value is -0.830. The van der Waals surface area contributed by atoms with Gasteiger partial charge in [0.25, 0.3) is 0 Å². The van der Waals surface area contributed by atoms with Gasteiger partial charge in [0.05, 0.1) is 0 Å². The topological polar surface area (TPSA) is 50.4 Å². The van der Waals surface area contributed by atoms with Gasteiger partial charge >= 0.3 is 0 Å². The average Bonchev–Trinajstić information content (AvgIpc) is 3.11. The van der Waals surface area contributed by atoms with E-state index in [1.807, 2.05) is 0 Å². The van der Waals surface area contributed by atoms with Gasteiger partial charge in [0.15, 0.2) is 0 Å². The SMILES string of the molecule is CC(C=C(N)C1CC1)=NCC1CCNCC1. The van der Waals surface area contributed by atoms with Gasteiger partial charge in [0.2, 0.25) is 0 Å². The number of nitrogens with one attached hydrogen (secondary N) is 1. The molecule has 0 radical (unpaired) electrons. The van der Waals surface area contributed by atoms with Crippen molar-refractivity contribution in [2.45, 2.75) is 32.6 Å². The van der Waals surface area contributed by atoms with E-state index in [-0.39, 0.29) is 0 Å². The summed E-state index contributed by atoms with van der Waals surface area (Å²) in [4.78, 5) is 4.63. The zero-order valence-corrected chi connectivity index (χ0v) is 10.2. The summed E-state index contributed by atoms with van der Waals surface area (Å²) >= 11 is 0. The molecule has 2 fully saturated rings. The third-order valence-electron chi connectivity index (χ3n) is 3.48. The maximum Gasteiger partial charge on any atom is 0.0421 e. The smallest absolute Gasteiger partial charge is 0.0421 e. The third-order valence-corrected chi connectivity index (χ3v) is 3.48. The molecule has 3 N–H and O–H groups in total. The molecule has 3 heteroatoms. The van der Waals surface area contributed by atoms with Crippen molar-refractivity contribution >= 4 is 5.71 Å². The molecular formula is C13H23N3. The van der Waals surface area contributed by atoms with Crippen LogP contribution in [0, 0.1) is 11.8 Å². The predicted molar refractivity (Wildman–Crippen MR) is 68.6 cm³/mol. The minimum atomic E-state index is 0.657. The zero-order valence-electron chi connectivity index (χ0n) is 10.2. The van der Waals surface area contributed by atoms with Crippen molar-refractivity contribution in [1.29, 1.82) is 0 Å². The van der Waals surface area contributed by atoms with E-state index in [4.69, 9.17) is 5.73 Å². The van der Waals surface area contributed by atoms with Crippen molar-refractivity contribution in [3.8, 4) is 0 Å². The maximum absolute atomic E-state index is 5.96. The molecule has 1 saturated carbocycles. The molecule has 1 aliphatic carbocycles. The number of nitrogens with zero attached hydrogens (tertiary/aromatic N) is 1. The van der Waals surface area contributed by atoms with E-state index in [0.717, 1.165) is 37.0 Å². The molecule has 16 heavy (non-hydrogen) atoms. The molecule has 2 rings (SSSR count). The normalized spacial score (nSPS) is 24.8. The van der Waals surface area contributed by atoms with Crippen LogP contribution in [0.2, 0.25) is 0 Å². The highest BCUT2D eigenvalue weighted by atomic mass is 14.9. The summed E-state index contributed by atoms with van der Waals surface area (Å²) in [5.74, 6) is 1.43. The second-order valence-electron chi connectivity index (χ2n) is 5.09. The van der Waals surface area contributed by atoms with Crippen molar-refractivity contribution in [3.05, 3.63) is 11.8 Å². The lowest BCUT2D eigenvalue weighted by Gasteiger charge is -2.20. The first-order valence-corrected chi connectivity index (χ1v) is 6.44. The van der Waals surface area contributed by atoms with Gasteiger partial charge in [0, 0.05) is 18.0 Å². The monoisotopic (exact) mass is 221 g/mol. The minimum Gasteiger partial charge on any atom is -0.402 e. The van der Waals surface area contributed by atoms with Gasteiger partial charge < -0.3 is 11.1 Å². The highest BCUT2D eigenvalue weighted by molar-refractivity contribution is 5.93. The molecule has 0 bridgehead atoms. The van der Waals surface area contributed by atoms with Gasteiger partial charge in [-0.3, -0.25) is 4.99 Å². The Morgan fingerprint density at radius 3 is 2.62 bits per heavy atom. The van der Waals surface area contributed by atoms with Gasteiger partial charge in [-0.15, -0.1) is 0 Å². The van der Waals surface area contributed by atoms with Crippen LogP contribution in [0.15, 0.2) is 16.8 Å². The predicted octanol–water partition coefficient (Wildman–Crippen LogP) is 1.70. The Kier molecular flexibility index (Phi) is 3.99. The summed E-state index contributed by atoms with van der Waals surface area (Å²) in [7, 11) is 0. The molecule has 1 heterocycles. The van der Waals surface area contributed by atoms with Crippen molar-refractivity contribution < 1.29 is 0 Å². The van der Waals surface area contributed by atoms with E-state index in [1.54, 1.807) is 0 Å². The molecule has 2 aliphatic rings. The van der Waals surface area contributed by atoms with Gasteiger partial charge in [-0.1, -0.05) is 0 Å². The fraction of sp³-hybridized carbons (Fsp3) is 0.769. The van der Waals surface area contributed by atoms with E-state index in [1.165, 1.54) is 25.7 Å². The molecule has 0 aromatic carbocycles. The molecule has 0 spiro atoms. The summed E-state index contributed by atoms with van der Waals surface area (Å²) < 4.78 is 0. The Morgan fingerprint density at radius 1 is 1.31 bits per heavy atom. The van der Waals surface area contributed by atoms with E-state index < -0.39 is 0 Å². The number of hydrogen-bond acceptors (Lipinski definition) is 3. The highest BCUT2D eigenvalue weighted by Gasteiger charge is 2.23. The van der Waals surface area contributed by atoms with E-state index in [2.05, 4.69) is 23.3 Å². The van der Waals surface area contributed by atoms with Crippen LogP contribution >= 0.6 is 0 Å². The molecule has 90 valence electrons. The number of hydrogen-bond donors (Lipinski definition) is 2. The molecule has 1 aliphatic heterocycles. The Morgan fingerprint density at radius 2 is 2.00 bits per heavy atom. The summed E-state index contributed by atoms with van der Waals surface area (Å²) in [5, 5.41) is 3.38. The van der Waals surface area contributed by atoms with E-state index >= 15 is 0 Å². The molecule has 0 unspecified atom stereocenters. The number of allylic oxidation sites excluding steroid dienone is 2. The lowest BCUT2D eigenvalue weighted by molar-refractivity contribution is 0.383. The van der Waals surface area contributed by atoms with Crippen LogP contribution in [0.4, 0.5) is 0 Å². The van der Waals surface area contributed by atoms with Crippen LogP contribution in [-0.4, -0.2) is 25.3 Å². The van der Waals surface area contributed by atoms with Crippen LogP contribution in [0.3, 0.4) is 0 Å². The lowest BCUT2D eigenvalue weighted by Crippen LogP contribution is -2.29. The van der Waals surface area contributed by atoms with Crippen molar-refractivity contribution in [3.63, 3.8) is 0 Å². The van der Waals surface area contributed by atoms with Crippen LogP contribution in [0.5, 0.6) is 0 Å². The van der Waals surface area contributed by atoms with Gasteiger partial charge in [-0.2, -0.15) is 0 Å². The summed E-state index contributed by atoms with van der Waals surface area (Å²) in [6.07, 6.45) is 7.13. The Labute approximate surface area is 98.2 Å². The number of aliphatic imine (C=N–C) groups is 1. The quantitative estimate of drug-likeness (QED) is 0.710. The first kappa shape index (κ1) is 11.6. The Bertz CT molecular complexity index is 284. The molecule has 3 nitrogen and oxygen atoms in total. The minimum absolute atomic E-state index is 0.657. The van der Waals surface area contributed by atoms with Crippen LogP contribution < -0.4 is 11.1 Å². The molecule has 1 saturated heterocycles. The van der Waals surface area contributed by atoms with Crippen molar-refractivity contribution in [1.82, 2.24) is 5.32 Å². The zero-order chi connectivity index (χ0) is 11.4. The van der Waals surface area contributed by atoms with Crippen LogP contribution in [0.25, 0.3) is 0 Å². The second kappa shape index (κ2) is 5.48. The molecule has 0 atom stereocenters. The third kappa shape index (κ3) is 3.63. The number of piperidine rings is 1. The summed E-state index contributed by atoms with van der Waals surface area (Å²) in [6, 6.07) is 0. The largest absolute Gasteiger partial charge is 0.402 e. The van der Waals surface area contributed by atoms with Gasteiger partial charge in [-0.05, 0) is 63.6 Å². The second-order valence-corrected chi connectivity index (χ2v) is 5.09. The van der Waals surface area contributed by atoms with Crippen molar-refractivity contribution in [2.24, 2.45) is 22.6 Å². The molecular weight excluding hydrogens is 198 g/mol. The number of rotatable bonds is 4. The summed E-state index contributed by atoms with van der Waals surface area (Å²) in [6.45, 7) is 5.34. The van der Waals surface area contributed by atoms with Gasteiger partial charge in [0.1, 0.15) is 0 Å². The first-order chi connectivity index (χ1) is 7.75. The highest BCUT2D eigenvalue weighted by Crippen LogP contribution is 2.33. The Balaban J connectivity index is 1.78. The van der Waals surface area contributed by atoms with E-state index in [0.29, 0.717) is 5.92 Å². The fourth-order valence-corrected chi connectivity index (χ4v) is 2.16. The van der Waals surface area contributed by atoms with Gasteiger partial charge in [-0.25, -0.2) is 0 Å². The van der Waals surface area contributed by atoms with E-state index in [9.17, 15) is 0 Å². The lowest BCUT2D eigenvalue weighted by atomic mass is 9.98. The molecule has 0 amide bonds. The average molecular weight is 221 g/mol. The van der Waals surface area contributed by atoms with Crippen molar-refractivity contribution in [2.75, 3.05) is 19.6 Å². The molecule has 0 aromatic heterocycles. The standard InChI is InChI=1S/C13H23N3/c1-10(8-13(14)12-2-3-12)16-9-11-4-6-15-7-5-11/h8,11-12,15H,2-7,9,14H2,1H3. The number of nitrogens with two attached hydrogens (primary N) is 1. The van der Waals surface area contributed by atoms with Crippen LogP contribution in [0.1, 0.15) is 32.6 Å². The fourth-order valence-electron chi connectivity index (χ4n) is 2.16. The maximum atomic E-state index is 5.96.